The Bertz CT molecular complexity index is 644. The van der Waals surface area contributed by atoms with E-state index in [1.165, 1.54) is 0 Å². The molecule has 4 heteroatoms. The van der Waals surface area contributed by atoms with Gasteiger partial charge in [-0.25, -0.2) is 0 Å². The van der Waals surface area contributed by atoms with Gasteiger partial charge in [0.2, 0.25) is 0 Å². The number of nitrogens with one attached hydrogen (secondary N) is 1. The summed E-state index contributed by atoms with van der Waals surface area (Å²) in [6.07, 6.45) is 1.78. The predicted octanol–water partition coefficient (Wildman–Crippen LogP) is 4.28. The zero-order chi connectivity index (χ0) is 16.4. The molecule has 118 valence electrons. The standard InChI is InChI=1S/C16H18ClN3.C2H6/c1-3-20(2)11-5-4-9-18-15-8-10-19-16-12-13(17)6-7-14(15)16;1-2/h6-8,10,12H,3,9,11H2,1-2H3,(H,18,19);1-2H3. The zero-order valence-electron chi connectivity index (χ0n) is 13.8. The average Bonchev–Trinajstić information content (AvgIpc) is 2.55. The Labute approximate surface area is 138 Å². The van der Waals surface area contributed by atoms with Crippen LogP contribution >= 0.6 is 11.6 Å². The molecule has 3 nitrogen and oxygen atoms in total. The van der Waals surface area contributed by atoms with E-state index in [0.29, 0.717) is 11.6 Å². The number of anilines is 1. The second kappa shape index (κ2) is 10.0. The van der Waals surface area contributed by atoms with E-state index in [0.717, 1.165) is 29.7 Å². The molecule has 0 atom stereocenters. The first kappa shape index (κ1) is 18.3. The van der Waals surface area contributed by atoms with Gasteiger partial charge in [-0.1, -0.05) is 44.2 Å². The Balaban J connectivity index is 0.00000116. The summed E-state index contributed by atoms with van der Waals surface area (Å²) in [5, 5.41) is 5.08. The summed E-state index contributed by atoms with van der Waals surface area (Å²) < 4.78 is 0. The molecular formula is C18H24ClN3. The Morgan fingerprint density at radius 2 is 2.00 bits per heavy atom. The first-order valence-corrected chi connectivity index (χ1v) is 8.01. The lowest BCUT2D eigenvalue weighted by molar-refractivity contribution is 0.398. The van der Waals surface area contributed by atoms with Crippen molar-refractivity contribution in [2.45, 2.75) is 20.8 Å². The fourth-order valence-corrected chi connectivity index (χ4v) is 1.95. The molecule has 0 spiro atoms. The highest BCUT2D eigenvalue weighted by molar-refractivity contribution is 6.31. The molecule has 0 radical (unpaired) electrons. The number of aromatic nitrogens is 1. The van der Waals surface area contributed by atoms with Gasteiger partial charge in [0, 0.05) is 22.3 Å². The van der Waals surface area contributed by atoms with Crippen LogP contribution < -0.4 is 5.32 Å². The minimum atomic E-state index is 0.624. The van der Waals surface area contributed by atoms with Crippen LogP contribution in [0.3, 0.4) is 0 Å². The highest BCUT2D eigenvalue weighted by Gasteiger charge is 2.01. The van der Waals surface area contributed by atoms with Crippen molar-refractivity contribution in [3.63, 3.8) is 0 Å². The van der Waals surface area contributed by atoms with Crippen LogP contribution in [-0.2, 0) is 0 Å². The average molecular weight is 318 g/mol. The van der Waals surface area contributed by atoms with Crippen molar-refractivity contribution in [1.82, 2.24) is 9.88 Å². The highest BCUT2D eigenvalue weighted by atomic mass is 35.5. The van der Waals surface area contributed by atoms with Crippen LogP contribution in [0.25, 0.3) is 10.9 Å². The van der Waals surface area contributed by atoms with Gasteiger partial charge in [-0.2, -0.15) is 0 Å². The van der Waals surface area contributed by atoms with Gasteiger partial charge in [0.05, 0.1) is 18.6 Å². The molecule has 0 aliphatic rings. The van der Waals surface area contributed by atoms with E-state index in [1.807, 2.05) is 38.1 Å². The molecule has 0 fully saturated rings. The van der Waals surface area contributed by atoms with Crippen molar-refractivity contribution >= 4 is 28.2 Å². The van der Waals surface area contributed by atoms with Crippen molar-refractivity contribution in [1.29, 1.82) is 0 Å². The van der Waals surface area contributed by atoms with E-state index in [2.05, 4.69) is 41.0 Å². The normalized spacial score (nSPS) is 9.73. The van der Waals surface area contributed by atoms with Crippen LogP contribution in [0.4, 0.5) is 5.69 Å². The van der Waals surface area contributed by atoms with Crippen LogP contribution in [0.2, 0.25) is 5.02 Å². The second-order valence-electron chi connectivity index (χ2n) is 4.56. The number of pyridine rings is 1. The van der Waals surface area contributed by atoms with E-state index < -0.39 is 0 Å². The molecule has 1 aromatic carbocycles. The van der Waals surface area contributed by atoms with Crippen molar-refractivity contribution in [2.75, 3.05) is 32.0 Å². The smallest absolute Gasteiger partial charge is 0.0766 e. The lowest BCUT2D eigenvalue weighted by Crippen LogP contribution is -2.17. The molecule has 0 saturated carbocycles. The molecule has 0 saturated heterocycles. The van der Waals surface area contributed by atoms with E-state index >= 15 is 0 Å². The molecule has 2 aromatic rings. The van der Waals surface area contributed by atoms with Gasteiger partial charge < -0.3 is 5.32 Å². The van der Waals surface area contributed by atoms with Crippen LogP contribution in [0.15, 0.2) is 30.5 Å². The molecule has 0 amide bonds. The SMILES string of the molecule is CC.CCN(C)CC#CCNc1ccnc2cc(Cl)ccc12. The van der Waals surface area contributed by atoms with Crippen molar-refractivity contribution in [3.05, 3.63) is 35.5 Å². The molecular weight excluding hydrogens is 294 g/mol. The quantitative estimate of drug-likeness (QED) is 0.853. The third-order valence-corrected chi connectivity index (χ3v) is 3.32. The summed E-state index contributed by atoms with van der Waals surface area (Å²) in [6.45, 7) is 8.55. The number of fused-ring (bicyclic) bond motifs is 1. The van der Waals surface area contributed by atoms with Gasteiger partial charge in [0.25, 0.3) is 0 Å². The molecule has 1 N–H and O–H groups in total. The number of nitrogens with zero attached hydrogens (tertiary/aromatic N) is 2. The van der Waals surface area contributed by atoms with Gasteiger partial charge in [0.1, 0.15) is 0 Å². The maximum atomic E-state index is 5.97. The number of halogens is 1. The lowest BCUT2D eigenvalue weighted by Gasteiger charge is -2.08. The largest absolute Gasteiger partial charge is 0.374 e. The van der Waals surface area contributed by atoms with Crippen LogP contribution in [0.1, 0.15) is 20.8 Å². The lowest BCUT2D eigenvalue weighted by atomic mass is 10.2. The Hall–Kier alpha value is -1.76. The minimum Gasteiger partial charge on any atom is -0.374 e. The fourth-order valence-electron chi connectivity index (χ4n) is 1.78. The number of benzene rings is 1. The maximum absolute atomic E-state index is 5.97. The summed E-state index contributed by atoms with van der Waals surface area (Å²) in [4.78, 5) is 6.48. The van der Waals surface area contributed by atoms with E-state index in [4.69, 9.17) is 11.6 Å². The minimum absolute atomic E-state index is 0.624. The van der Waals surface area contributed by atoms with Crippen LogP contribution in [0, 0.1) is 11.8 Å². The third-order valence-electron chi connectivity index (χ3n) is 3.09. The fraction of sp³-hybridized carbons (Fsp3) is 0.389. The Kier molecular flexibility index (Phi) is 8.35. The van der Waals surface area contributed by atoms with E-state index in [1.54, 1.807) is 6.20 Å². The summed E-state index contributed by atoms with van der Waals surface area (Å²) in [5.41, 5.74) is 1.92. The van der Waals surface area contributed by atoms with Crippen LogP contribution in [-0.4, -0.2) is 36.6 Å². The Morgan fingerprint density at radius 1 is 1.23 bits per heavy atom. The van der Waals surface area contributed by atoms with Crippen molar-refractivity contribution in [2.24, 2.45) is 0 Å². The summed E-state index contributed by atoms with van der Waals surface area (Å²) >= 11 is 5.97. The van der Waals surface area contributed by atoms with Crippen molar-refractivity contribution < 1.29 is 0 Å². The molecule has 2 rings (SSSR count). The summed E-state index contributed by atoms with van der Waals surface area (Å²) in [5.74, 6) is 6.27. The van der Waals surface area contributed by atoms with E-state index in [-0.39, 0.29) is 0 Å². The monoisotopic (exact) mass is 317 g/mol. The molecule has 0 aliphatic heterocycles. The third kappa shape index (κ3) is 5.55. The topological polar surface area (TPSA) is 28.2 Å². The van der Waals surface area contributed by atoms with Gasteiger partial charge in [-0.3, -0.25) is 9.88 Å². The zero-order valence-corrected chi connectivity index (χ0v) is 14.5. The first-order chi connectivity index (χ1) is 10.7. The molecule has 1 heterocycles. The first-order valence-electron chi connectivity index (χ1n) is 7.63. The Morgan fingerprint density at radius 3 is 2.73 bits per heavy atom. The number of rotatable bonds is 4. The van der Waals surface area contributed by atoms with Gasteiger partial charge in [-0.15, -0.1) is 0 Å². The number of hydrogen-bond donors (Lipinski definition) is 1. The molecule has 0 aliphatic carbocycles. The molecule has 1 aromatic heterocycles. The van der Waals surface area contributed by atoms with Crippen LogP contribution in [0.5, 0.6) is 0 Å². The van der Waals surface area contributed by atoms with Gasteiger partial charge in [0.15, 0.2) is 0 Å². The molecule has 0 unspecified atom stereocenters. The summed E-state index contributed by atoms with van der Waals surface area (Å²) in [7, 11) is 2.06. The second-order valence-corrected chi connectivity index (χ2v) is 4.99. The predicted molar refractivity (Wildman–Crippen MR) is 97.5 cm³/mol. The maximum Gasteiger partial charge on any atom is 0.0766 e. The molecule has 22 heavy (non-hydrogen) atoms. The van der Waals surface area contributed by atoms with E-state index in [9.17, 15) is 0 Å². The molecule has 0 bridgehead atoms. The summed E-state index contributed by atoms with van der Waals surface area (Å²) in [6, 6.07) is 7.67. The number of hydrogen-bond acceptors (Lipinski definition) is 3. The van der Waals surface area contributed by atoms with Gasteiger partial charge in [-0.05, 0) is 37.9 Å². The van der Waals surface area contributed by atoms with Gasteiger partial charge >= 0.3 is 0 Å². The van der Waals surface area contributed by atoms with Crippen molar-refractivity contribution in [3.8, 4) is 11.8 Å². The highest BCUT2D eigenvalue weighted by Crippen LogP contribution is 2.23.